The number of aryl methyl sites for hydroxylation is 1. The molecule has 0 aliphatic heterocycles. The summed E-state index contributed by atoms with van der Waals surface area (Å²) < 4.78 is 10.4. The number of anilines is 1. The van der Waals surface area contributed by atoms with Crippen LogP contribution >= 0.6 is 0 Å². The van der Waals surface area contributed by atoms with Gasteiger partial charge < -0.3 is 20.1 Å². The minimum absolute atomic E-state index is 0.0660. The van der Waals surface area contributed by atoms with Gasteiger partial charge in [0.05, 0.1) is 20.8 Å². The van der Waals surface area contributed by atoms with Gasteiger partial charge in [-0.2, -0.15) is 0 Å². The highest BCUT2D eigenvalue weighted by Gasteiger charge is 2.10. The molecule has 5 heteroatoms. The quantitative estimate of drug-likeness (QED) is 0.741. The van der Waals surface area contributed by atoms with Crippen molar-refractivity contribution in [1.82, 2.24) is 5.32 Å². The summed E-state index contributed by atoms with van der Waals surface area (Å²) in [6.45, 7) is 5.11. The Morgan fingerprint density at radius 3 is 2.42 bits per heavy atom. The SMILES string of the molecule is CCCNCC(=O)Nc1cc(OC)c(OC)cc1C. The molecule has 0 fully saturated rings. The van der Waals surface area contributed by atoms with Gasteiger partial charge in [0.15, 0.2) is 11.5 Å². The van der Waals surface area contributed by atoms with E-state index in [1.54, 1.807) is 20.3 Å². The average molecular weight is 266 g/mol. The van der Waals surface area contributed by atoms with Crippen molar-refractivity contribution < 1.29 is 14.3 Å². The van der Waals surface area contributed by atoms with Gasteiger partial charge in [0.1, 0.15) is 0 Å². The number of methoxy groups -OCH3 is 2. The van der Waals surface area contributed by atoms with E-state index >= 15 is 0 Å². The van der Waals surface area contributed by atoms with E-state index in [0.717, 1.165) is 24.2 Å². The molecule has 1 aromatic carbocycles. The summed E-state index contributed by atoms with van der Waals surface area (Å²) in [6.07, 6.45) is 1.00. The molecular weight excluding hydrogens is 244 g/mol. The Labute approximate surface area is 114 Å². The molecule has 0 atom stereocenters. The highest BCUT2D eigenvalue weighted by Crippen LogP contribution is 2.32. The molecule has 0 bridgehead atoms. The monoisotopic (exact) mass is 266 g/mol. The van der Waals surface area contributed by atoms with Gasteiger partial charge in [-0.05, 0) is 31.5 Å². The van der Waals surface area contributed by atoms with Gasteiger partial charge in [-0.25, -0.2) is 0 Å². The van der Waals surface area contributed by atoms with Crippen LogP contribution in [-0.2, 0) is 4.79 Å². The van der Waals surface area contributed by atoms with Gasteiger partial charge >= 0.3 is 0 Å². The van der Waals surface area contributed by atoms with E-state index in [1.165, 1.54) is 0 Å². The Morgan fingerprint density at radius 1 is 1.21 bits per heavy atom. The van der Waals surface area contributed by atoms with Gasteiger partial charge in [0, 0.05) is 11.8 Å². The van der Waals surface area contributed by atoms with Crippen LogP contribution in [0.4, 0.5) is 5.69 Å². The van der Waals surface area contributed by atoms with Crippen LogP contribution in [0.15, 0.2) is 12.1 Å². The molecule has 1 amide bonds. The van der Waals surface area contributed by atoms with E-state index in [-0.39, 0.29) is 5.91 Å². The smallest absolute Gasteiger partial charge is 0.238 e. The van der Waals surface area contributed by atoms with Crippen molar-refractivity contribution in [2.45, 2.75) is 20.3 Å². The Morgan fingerprint density at radius 2 is 1.84 bits per heavy atom. The van der Waals surface area contributed by atoms with Crippen molar-refractivity contribution in [3.8, 4) is 11.5 Å². The number of ether oxygens (including phenoxy) is 2. The van der Waals surface area contributed by atoms with E-state index < -0.39 is 0 Å². The third-order valence-electron chi connectivity index (χ3n) is 2.72. The molecule has 0 spiro atoms. The first kappa shape index (κ1) is 15.3. The first-order chi connectivity index (χ1) is 9.12. The predicted molar refractivity (Wildman–Crippen MR) is 76.1 cm³/mol. The van der Waals surface area contributed by atoms with Crippen LogP contribution in [0.1, 0.15) is 18.9 Å². The lowest BCUT2D eigenvalue weighted by atomic mass is 10.1. The fourth-order valence-electron chi connectivity index (χ4n) is 1.69. The topological polar surface area (TPSA) is 59.6 Å². The molecule has 0 saturated carbocycles. The van der Waals surface area contributed by atoms with Crippen molar-refractivity contribution in [2.24, 2.45) is 0 Å². The second kappa shape index (κ2) is 7.63. The summed E-state index contributed by atoms with van der Waals surface area (Å²) in [5.74, 6) is 1.19. The largest absolute Gasteiger partial charge is 0.493 e. The Hall–Kier alpha value is -1.75. The number of benzene rings is 1. The number of hydrogen-bond donors (Lipinski definition) is 2. The Kier molecular flexibility index (Phi) is 6.15. The molecule has 0 aliphatic rings. The summed E-state index contributed by atoms with van der Waals surface area (Å²) in [5, 5.41) is 5.92. The highest BCUT2D eigenvalue weighted by atomic mass is 16.5. The average Bonchev–Trinajstić information content (AvgIpc) is 2.40. The summed E-state index contributed by atoms with van der Waals surface area (Å²) in [7, 11) is 3.16. The van der Waals surface area contributed by atoms with Crippen molar-refractivity contribution in [2.75, 3.05) is 32.6 Å². The molecule has 0 radical (unpaired) electrons. The number of nitrogens with one attached hydrogen (secondary N) is 2. The van der Waals surface area contributed by atoms with Crippen molar-refractivity contribution >= 4 is 11.6 Å². The van der Waals surface area contributed by atoms with E-state index in [4.69, 9.17) is 9.47 Å². The lowest BCUT2D eigenvalue weighted by molar-refractivity contribution is -0.115. The Balaban J connectivity index is 2.75. The van der Waals surface area contributed by atoms with Crippen LogP contribution in [0.25, 0.3) is 0 Å². The van der Waals surface area contributed by atoms with Gasteiger partial charge in [0.2, 0.25) is 5.91 Å². The second-order valence-corrected chi connectivity index (χ2v) is 4.25. The second-order valence-electron chi connectivity index (χ2n) is 4.25. The Bertz CT molecular complexity index is 433. The first-order valence-corrected chi connectivity index (χ1v) is 6.35. The maximum Gasteiger partial charge on any atom is 0.238 e. The normalized spacial score (nSPS) is 10.1. The summed E-state index contributed by atoms with van der Waals surface area (Å²) in [4.78, 5) is 11.7. The predicted octanol–water partition coefficient (Wildman–Crippen LogP) is 1.95. The van der Waals surface area contributed by atoms with Crippen molar-refractivity contribution in [3.63, 3.8) is 0 Å². The maximum atomic E-state index is 11.7. The summed E-state index contributed by atoms with van der Waals surface area (Å²) in [6, 6.07) is 3.61. The standard InChI is InChI=1S/C14H22N2O3/c1-5-6-15-9-14(17)16-11-8-13(19-4)12(18-3)7-10(11)2/h7-8,15H,5-6,9H2,1-4H3,(H,16,17). The van der Waals surface area contributed by atoms with Gasteiger partial charge in [0.25, 0.3) is 0 Å². The molecule has 19 heavy (non-hydrogen) atoms. The van der Waals surface area contributed by atoms with Crippen molar-refractivity contribution in [3.05, 3.63) is 17.7 Å². The van der Waals surface area contributed by atoms with Gasteiger partial charge in [-0.3, -0.25) is 4.79 Å². The molecule has 0 aromatic heterocycles. The summed E-state index contributed by atoms with van der Waals surface area (Å²) >= 11 is 0. The molecule has 0 saturated heterocycles. The number of hydrogen-bond acceptors (Lipinski definition) is 4. The van der Waals surface area contributed by atoms with Crippen molar-refractivity contribution in [1.29, 1.82) is 0 Å². The maximum absolute atomic E-state index is 11.7. The van der Waals surface area contributed by atoms with Gasteiger partial charge in [-0.1, -0.05) is 6.92 Å². The molecule has 1 rings (SSSR count). The molecular formula is C14H22N2O3. The zero-order chi connectivity index (χ0) is 14.3. The number of amides is 1. The zero-order valence-corrected chi connectivity index (χ0v) is 12.0. The van der Waals surface area contributed by atoms with Crippen LogP contribution < -0.4 is 20.1 Å². The molecule has 2 N–H and O–H groups in total. The summed E-state index contributed by atoms with van der Waals surface area (Å²) in [5.41, 5.74) is 1.67. The van der Waals surface area contributed by atoms with Crippen LogP contribution in [0.2, 0.25) is 0 Å². The molecule has 5 nitrogen and oxygen atoms in total. The first-order valence-electron chi connectivity index (χ1n) is 6.35. The van der Waals surface area contributed by atoms with E-state index in [1.807, 2.05) is 13.0 Å². The van der Waals surface area contributed by atoms with E-state index in [0.29, 0.717) is 18.0 Å². The van der Waals surface area contributed by atoms with E-state index in [2.05, 4.69) is 17.6 Å². The lowest BCUT2D eigenvalue weighted by Crippen LogP contribution is -2.28. The zero-order valence-electron chi connectivity index (χ0n) is 12.0. The van der Waals surface area contributed by atoms with Crippen LogP contribution in [0.5, 0.6) is 11.5 Å². The lowest BCUT2D eigenvalue weighted by Gasteiger charge is -2.13. The van der Waals surface area contributed by atoms with Crippen LogP contribution in [0, 0.1) is 6.92 Å². The van der Waals surface area contributed by atoms with Crippen LogP contribution in [-0.4, -0.2) is 33.2 Å². The number of carbonyl (C=O) groups excluding carboxylic acids is 1. The van der Waals surface area contributed by atoms with E-state index in [9.17, 15) is 4.79 Å². The molecule has 0 aliphatic carbocycles. The highest BCUT2D eigenvalue weighted by molar-refractivity contribution is 5.93. The minimum atomic E-state index is -0.0660. The van der Waals surface area contributed by atoms with Crippen LogP contribution in [0.3, 0.4) is 0 Å². The number of carbonyl (C=O) groups is 1. The minimum Gasteiger partial charge on any atom is -0.493 e. The molecule has 106 valence electrons. The molecule has 0 unspecified atom stereocenters. The third-order valence-corrected chi connectivity index (χ3v) is 2.72. The molecule has 0 heterocycles. The fraction of sp³-hybridized carbons (Fsp3) is 0.500. The number of rotatable bonds is 7. The van der Waals surface area contributed by atoms with Gasteiger partial charge in [-0.15, -0.1) is 0 Å². The third kappa shape index (κ3) is 4.44. The molecule has 1 aromatic rings. The fourth-order valence-corrected chi connectivity index (χ4v) is 1.69.